The molecular weight excluding hydrogens is 270 g/mol. The number of nitrogen functional groups attached to an aromatic ring is 1. The number of nitrogens with zero attached hydrogens (tertiary/aromatic N) is 2. The van der Waals surface area contributed by atoms with Gasteiger partial charge >= 0.3 is 5.69 Å². The molecule has 0 saturated heterocycles. The molecule has 0 amide bonds. The van der Waals surface area contributed by atoms with E-state index in [1.54, 1.807) is 0 Å². The second kappa shape index (κ2) is 8.51. The van der Waals surface area contributed by atoms with Gasteiger partial charge in [0.2, 0.25) is 0 Å². The molecular formula is C14H27N5O2. The van der Waals surface area contributed by atoms with E-state index in [1.165, 1.54) is 4.57 Å². The van der Waals surface area contributed by atoms with Gasteiger partial charge in [-0.15, -0.1) is 0 Å². The number of anilines is 2. The molecule has 0 aromatic carbocycles. The first kappa shape index (κ1) is 17.3. The predicted octanol–water partition coefficient (Wildman–Crippen LogP) is 0.673. The summed E-state index contributed by atoms with van der Waals surface area (Å²) in [6, 6.07) is 0. The van der Waals surface area contributed by atoms with Crippen LogP contribution in [0.4, 0.5) is 11.5 Å². The Kier molecular flexibility index (Phi) is 7.01. The number of hydrogen-bond acceptors (Lipinski definition) is 5. The van der Waals surface area contributed by atoms with E-state index in [0.29, 0.717) is 13.1 Å². The topological polar surface area (TPSA) is 96.2 Å². The third-order valence-corrected chi connectivity index (χ3v) is 3.60. The fraction of sp³-hybridized carbons (Fsp3) is 0.714. The number of unbranched alkanes of at least 4 members (excludes halogenated alkanes) is 1. The third kappa shape index (κ3) is 4.63. The van der Waals surface area contributed by atoms with Gasteiger partial charge in [0.15, 0.2) is 0 Å². The molecule has 1 heterocycles. The van der Waals surface area contributed by atoms with Crippen molar-refractivity contribution >= 4 is 11.5 Å². The Morgan fingerprint density at radius 1 is 1.24 bits per heavy atom. The zero-order valence-corrected chi connectivity index (χ0v) is 13.2. The van der Waals surface area contributed by atoms with Crippen molar-refractivity contribution in [3.63, 3.8) is 0 Å². The molecule has 0 aliphatic carbocycles. The minimum absolute atomic E-state index is 0.219. The van der Waals surface area contributed by atoms with Crippen molar-refractivity contribution < 1.29 is 0 Å². The van der Waals surface area contributed by atoms with Crippen molar-refractivity contribution in [1.29, 1.82) is 0 Å². The summed E-state index contributed by atoms with van der Waals surface area (Å²) in [7, 11) is 0. The predicted molar refractivity (Wildman–Crippen MR) is 86.9 cm³/mol. The standard InChI is InChI=1S/C14H27N5O2/c1-4-7-9-19-12(15)11(13(20)17-14(19)21)16-8-10-18(5-2)6-3/h16H,4-10,15H2,1-3H3,(H,17,20,21). The normalized spacial score (nSPS) is 11.0. The van der Waals surface area contributed by atoms with Gasteiger partial charge in [0.25, 0.3) is 5.56 Å². The summed E-state index contributed by atoms with van der Waals surface area (Å²) >= 11 is 0. The quantitative estimate of drug-likeness (QED) is 0.622. The lowest BCUT2D eigenvalue weighted by Crippen LogP contribution is -2.35. The Morgan fingerprint density at radius 3 is 2.48 bits per heavy atom. The van der Waals surface area contributed by atoms with E-state index in [1.807, 2.05) is 6.92 Å². The zero-order valence-electron chi connectivity index (χ0n) is 13.2. The van der Waals surface area contributed by atoms with Gasteiger partial charge in [-0.05, 0) is 19.5 Å². The number of likely N-dealkylation sites (N-methyl/N-ethyl adjacent to an activating group) is 1. The molecule has 21 heavy (non-hydrogen) atoms. The van der Waals surface area contributed by atoms with E-state index in [4.69, 9.17) is 5.73 Å². The number of aromatic nitrogens is 2. The smallest absolute Gasteiger partial charge is 0.330 e. The fourth-order valence-corrected chi connectivity index (χ4v) is 2.18. The first-order valence-electron chi connectivity index (χ1n) is 7.63. The Bertz CT molecular complexity index is 545. The van der Waals surface area contributed by atoms with E-state index in [-0.39, 0.29) is 11.5 Å². The summed E-state index contributed by atoms with van der Waals surface area (Å²) in [5.74, 6) is 0.219. The van der Waals surface area contributed by atoms with Gasteiger partial charge in [0.05, 0.1) is 0 Å². The van der Waals surface area contributed by atoms with Gasteiger partial charge in [-0.2, -0.15) is 0 Å². The lowest BCUT2D eigenvalue weighted by atomic mass is 10.3. The molecule has 4 N–H and O–H groups in total. The number of nitrogens with two attached hydrogens (primary N) is 1. The average molecular weight is 297 g/mol. The Hall–Kier alpha value is -1.76. The molecule has 0 spiro atoms. The molecule has 7 nitrogen and oxygen atoms in total. The SMILES string of the molecule is CCCCn1c(N)c(NCCN(CC)CC)c(=O)[nH]c1=O. The lowest BCUT2D eigenvalue weighted by Gasteiger charge is -2.19. The third-order valence-electron chi connectivity index (χ3n) is 3.60. The summed E-state index contributed by atoms with van der Waals surface area (Å²) < 4.78 is 1.42. The molecule has 1 aromatic heterocycles. The van der Waals surface area contributed by atoms with E-state index < -0.39 is 11.2 Å². The molecule has 1 rings (SSSR count). The molecule has 0 atom stereocenters. The van der Waals surface area contributed by atoms with Gasteiger partial charge in [0.1, 0.15) is 11.5 Å². The highest BCUT2D eigenvalue weighted by Crippen LogP contribution is 2.10. The van der Waals surface area contributed by atoms with Crippen LogP contribution < -0.4 is 22.3 Å². The maximum absolute atomic E-state index is 11.9. The van der Waals surface area contributed by atoms with E-state index in [2.05, 4.69) is 29.0 Å². The molecule has 0 saturated carbocycles. The molecule has 120 valence electrons. The van der Waals surface area contributed by atoms with Crippen LogP contribution in [0.15, 0.2) is 9.59 Å². The molecule has 0 bridgehead atoms. The van der Waals surface area contributed by atoms with Crippen molar-refractivity contribution in [1.82, 2.24) is 14.5 Å². The van der Waals surface area contributed by atoms with Crippen LogP contribution in [0.2, 0.25) is 0 Å². The zero-order chi connectivity index (χ0) is 15.8. The van der Waals surface area contributed by atoms with Gasteiger partial charge in [0, 0.05) is 19.6 Å². The van der Waals surface area contributed by atoms with E-state index in [9.17, 15) is 9.59 Å². The minimum Gasteiger partial charge on any atom is -0.383 e. The molecule has 7 heteroatoms. The Labute approximate surface area is 125 Å². The van der Waals surface area contributed by atoms with Crippen LogP contribution in [0.1, 0.15) is 33.6 Å². The number of aromatic amines is 1. The van der Waals surface area contributed by atoms with Crippen LogP contribution in [0, 0.1) is 0 Å². The highest BCUT2D eigenvalue weighted by Gasteiger charge is 2.11. The van der Waals surface area contributed by atoms with Crippen LogP contribution >= 0.6 is 0 Å². The van der Waals surface area contributed by atoms with E-state index in [0.717, 1.165) is 32.5 Å². The Morgan fingerprint density at radius 2 is 1.90 bits per heavy atom. The molecule has 0 unspecified atom stereocenters. The number of hydrogen-bond donors (Lipinski definition) is 3. The highest BCUT2D eigenvalue weighted by atomic mass is 16.2. The molecule has 0 aliphatic heterocycles. The van der Waals surface area contributed by atoms with Gasteiger partial charge < -0.3 is 16.0 Å². The fourth-order valence-electron chi connectivity index (χ4n) is 2.18. The number of H-pyrrole nitrogens is 1. The van der Waals surface area contributed by atoms with Crippen LogP contribution in [0.5, 0.6) is 0 Å². The van der Waals surface area contributed by atoms with Crippen LogP contribution in [-0.4, -0.2) is 40.6 Å². The highest BCUT2D eigenvalue weighted by molar-refractivity contribution is 5.60. The number of rotatable bonds is 9. The minimum atomic E-state index is -0.454. The summed E-state index contributed by atoms with van der Waals surface area (Å²) in [4.78, 5) is 28.2. The van der Waals surface area contributed by atoms with Crippen molar-refractivity contribution in [3.05, 3.63) is 20.8 Å². The molecule has 0 radical (unpaired) electrons. The molecule has 0 fully saturated rings. The van der Waals surface area contributed by atoms with Crippen LogP contribution in [0.3, 0.4) is 0 Å². The van der Waals surface area contributed by atoms with Gasteiger partial charge in [-0.1, -0.05) is 27.2 Å². The maximum Gasteiger partial charge on any atom is 0.330 e. The van der Waals surface area contributed by atoms with Gasteiger partial charge in [-0.3, -0.25) is 14.3 Å². The second-order valence-corrected chi connectivity index (χ2v) is 4.98. The molecule has 1 aromatic rings. The molecule has 0 aliphatic rings. The van der Waals surface area contributed by atoms with E-state index >= 15 is 0 Å². The second-order valence-electron chi connectivity index (χ2n) is 4.98. The van der Waals surface area contributed by atoms with Crippen molar-refractivity contribution in [2.45, 2.75) is 40.2 Å². The van der Waals surface area contributed by atoms with Crippen molar-refractivity contribution in [2.24, 2.45) is 0 Å². The summed E-state index contributed by atoms with van der Waals surface area (Å²) in [6.45, 7) is 10.1. The first-order valence-corrected chi connectivity index (χ1v) is 7.63. The van der Waals surface area contributed by atoms with Gasteiger partial charge in [-0.25, -0.2) is 4.79 Å². The van der Waals surface area contributed by atoms with Crippen molar-refractivity contribution in [3.8, 4) is 0 Å². The number of nitrogens with one attached hydrogen (secondary N) is 2. The summed E-state index contributed by atoms with van der Waals surface area (Å²) in [5, 5.41) is 3.05. The summed E-state index contributed by atoms with van der Waals surface area (Å²) in [6.07, 6.45) is 1.80. The van der Waals surface area contributed by atoms with Crippen LogP contribution in [-0.2, 0) is 6.54 Å². The Balaban J connectivity index is 2.86. The summed E-state index contributed by atoms with van der Waals surface area (Å²) in [5.41, 5.74) is 5.37. The largest absolute Gasteiger partial charge is 0.383 e. The van der Waals surface area contributed by atoms with Crippen LogP contribution in [0.25, 0.3) is 0 Å². The van der Waals surface area contributed by atoms with Crippen molar-refractivity contribution in [2.75, 3.05) is 37.2 Å². The average Bonchev–Trinajstić information content (AvgIpc) is 2.46. The first-order chi connectivity index (χ1) is 10.0. The lowest BCUT2D eigenvalue weighted by molar-refractivity contribution is 0.316. The monoisotopic (exact) mass is 297 g/mol. The maximum atomic E-state index is 11.9.